The molecule has 0 fully saturated rings. The van der Waals surface area contributed by atoms with Crippen molar-refractivity contribution in [2.24, 2.45) is 5.10 Å². The van der Waals surface area contributed by atoms with E-state index >= 15 is 0 Å². The number of hydrazone groups is 1. The minimum Gasteiger partial charge on any atom is -0.448 e. The summed E-state index contributed by atoms with van der Waals surface area (Å²) in [6.07, 6.45) is 1.39. The molecule has 7 heteroatoms. The van der Waals surface area contributed by atoms with Crippen molar-refractivity contribution in [3.63, 3.8) is 0 Å². The van der Waals surface area contributed by atoms with Crippen LogP contribution in [0.4, 0.5) is 0 Å². The molecule has 0 aliphatic heterocycles. The van der Waals surface area contributed by atoms with Crippen LogP contribution in [-0.2, 0) is 0 Å². The molecule has 4 nitrogen and oxygen atoms in total. The summed E-state index contributed by atoms with van der Waals surface area (Å²) < 4.78 is 5.77. The first-order valence-electron chi connectivity index (χ1n) is 5.10. The molecule has 1 heterocycles. The van der Waals surface area contributed by atoms with Crippen LogP contribution < -0.4 is 5.43 Å². The molecule has 19 heavy (non-hydrogen) atoms. The second kappa shape index (κ2) is 6.23. The summed E-state index contributed by atoms with van der Waals surface area (Å²) in [6.45, 7) is 0. The highest BCUT2D eigenvalue weighted by Crippen LogP contribution is 2.22. The Morgan fingerprint density at radius 3 is 2.68 bits per heavy atom. The third-order valence-corrected chi connectivity index (χ3v) is 3.30. The van der Waals surface area contributed by atoms with Crippen LogP contribution in [0.25, 0.3) is 0 Å². The SMILES string of the molecule is O=C(N/N=C/c1ccc(Br)o1)c1ccc(Cl)c(Cl)c1. The minimum atomic E-state index is -0.388. The van der Waals surface area contributed by atoms with Gasteiger partial charge in [0.1, 0.15) is 5.76 Å². The molecule has 0 aliphatic carbocycles. The number of carbonyl (C=O) groups is 1. The first-order valence-corrected chi connectivity index (χ1v) is 6.65. The summed E-state index contributed by atoms with van der Waals surface area (Å²) >= 11 is 14.7. The van der Waals surface area contributed by atoms with Crippen LogP contribution in [0.15, 0.2) is 44.5 Å². The lowest BCUT2D eigenvalue weighted by Gasteiger charge is -2.01. The van der Waals surface area contributed by atoms with Crippen LogP contribution in [0.3, 0.4) is 0 Å². The number of nitrogens with one attached hydrogen (secondary N) is 1. The lowest BCUT2D eigenvalue weighted by atomic mass is 10.2. The Bertz CT molecular complexity index is 640. The van der Waals surface area contributed by atoms with E-state index in [1.165, 1.54) is 12.3 Å². The first kappa shape index (κ1) is 14.1. The molecule has 0 radical (unpaired) electrons. The van der Waals surface area contributed by atoms with Gasteiger partial charge in [-0.15, -0.1) is 0 Å². The van der Waals surface area contributed by atoms with Crippen LogP contribution in [0.5, 0.6) is 0 Å². The van der Waals surface area contributed by atoms with Crippen molar-refractivity contribution in [1.82, 2.24) is 5.43 Å². The van der Waals surface area contributed by atoms with Crippen molar-refractivity contribution < 1.29 is 9.21 Å². The predicted molar refractivity (Wildman–Crippen MR) is 77.9 cm³/mol. The molecular formula is C12H7BrCl2N2O2. The second-order valence-corrected chi connectivity index (χ2v) is 5.07. The zero-order chi connectivity index (χ0) is 13.8. The van der Waals surface area contributed by atoms with Gasteiger partial charge in [-0.3, -0.25) is 4.79 Å². The Hall–Kier alpha value is -1.30. The van der Waals surface area contributed by atoms with E-state index in [2.05, 4.69) is 26.5 Å². The number of hydrogen-bond donors (Lipinski definition) is 1. The molecule has 0 atom stereocenters. The molecule has 0 aliphatic rings. The fourth-order valence-corrected chi connectivity index (χ4v) is 1.87. The fraction of sp³-hybridized carbons (Fsp3) is 0. The molecule has 2 rings (SSSR count). The standard InChI is InChI=1S/C12H7BrCl2N2O2/c13-11-4-2-8(19-11)6-16-17-12(18)7-1-3-9(14)10(15)5-7/h1-6H,(H,17,18)/b16-6+. The van der Waals surface area contributed by atoms with Crippen LogP contribution in [0.2, 0.25) is 10.0 Å². The number of nitrogens with zero attached hydrogens (tertiary/aromatic N) is 1. The zero-order valence-electron chi connectivity index (χ0n) is 9.36. The number of rotatable bonds is 3. The molecule has 0 spiro atoms. The third-order valence-electron chi connectivity index (χ3n) is 2.13. The molecule has 1 aromatic carbocycles. The van der Waals surface area contributed by atoms with Crippen molar-refractivity contribution in [3.05, 3.63) is 56.4 Å². The molecule has 0 saturated heterocycles. The van der Waals surface area contributed by atoms with E-state index in [1.54, 1.807) is 24.3 Å². The van der Waals surface area contributed by atoms with Gasteiger partial charge in [0.15, 0.2) is 4.67 Å². The second-order valence-electron chi connectivity index (χ2n) is 3.47. The Morgan fingerprint density at radius 2 is 2.05 bits per heavy atom. The molecule has 1 amide bonds. The fourth-order valence-electron chi connectivity index (χ4n) is 1.25. The van der Waals surface area contributed by atoms with Crippen LogP contribution in [0, 0.1) is 0 Å². The van der Waals surface area contributed by atoms with Crippen LogP contribution in [-0.4, -0.2) is 12.1 Å². The van der Waals surface area contributed by atoms with E-state index in [-0.39, 0.29) is 5.91 Å². The maximum Gasteiger partial charge on any atom is 0.271 e. The molecule has 0 bridgehead atoms. The average molecular weight is 362 g/mol. The third kappa shape index (κ3) is 3.83. The van der Waals surface area contributed by atoms with Crippen LogP contribution in [0.1, 0.15) is 16.1 Å². The number of carbonyl (C=O) groups excluding carboxylic acids is 1. The van der Waals surface area contributed by atoms with Crippen molar-refractivity contribution in [2.45, 2.75) is 0 Å². The monoisotopic (exact) mass is 360 g/mol. The summed E-state index contributed by atoms with van der Waals surface area (Å²) in [4.78, 5) is 11.7. The van der Waals surface area contributed by atoms with Gasteiger partial charge < -0.3 is 4.42 Å². The zero-order valence-corrected chi connectivity index (χ0v) is 12.5. The van der Waals surface area contributed by atoms with Gasteiger partial charge in [-0.1, -0.05) is 23.2 Å². The number of amides is 1. The van der Waals surface area contributed by atoms with Crippen molar-refractivity contribution in [1.29, 1.82) is 0 Å². The summed E-state index contributed by atoms with van der Waals surface area (Å²) in [5.74, 6) is 0.127. The van der Waals surface area contributed by atoms with Crippen LogP contribution >= 0.6 is 39.1 Å². The Balaban J connectivity index is 2.01. The molecule has 0 unspecified atom stereocenters. The summed E-state index contributed by atoms with van der Waals surface area (Å²) in [5.41, 5.74) is 2.72. The molecular weight excluding hydrogens is 355 g/mol. The van der Waals surface area contributed by atoms with Crippen molar-refractivity contribution in [2.75, 3.05) is 0 Å². The normalized spacial score (nSPS) is 10.9. The van der Waals surface area contributed by atoms with Crippen molar-refractivity contribution in [3.8, 4) is 0 Å². The largest absolute Gasteiger partial charge is 0.448 e. The van der Waals surface area contributed by atoms with Gasteiger partial charge in [0.05, 0.1) is 16.3 Å². The molecule has 98 valence electrons. The van der Waals surface area contributed by atoms with E-state index in [4.69, 9.17) is 27.6 Å². The number of furan rings is 1. The van der Waals surface area contributed by atoms with Gasteiger partial charge in [0.25, 0.3) is 5.91 Å². The Morgan fingerprint density at radius 1 is 1.26 bits per heavy atom. The van der Waals surface area contributed by atoms with E-state index < -0.39 is 0 Å². The van der Waals surface area contributed by atoms with E-state index in [9.17, 15) is 4.79 Å². The highest BCUT2D eigenvalue weighted by atomic mass is 79.9. The summed E-state index contributed by atoms with van der Waals surface area (Å²) in [6, 6.07) is 8.01. The Kier molecular flexibility index (Phi) is 4.63. The number of hydrogen-bond acceptors (Lipinski definition) is 3. The number of halogens is 3. The minimum absolute atomic E-state index is 0.313. The van der Waals surface area contributed by atoms with Gasteiger partial charge in [-0.25, -0.2) is 5.43 Å². The maximum atomic E-state index is 11.7. The highest BCUT2D eigenvalue weighted by Gasteiger charge is 2.06. The topological polar surface area (TPSA) is 54.6 Å². The predicted octanol–water partition coefficient (Wildman–Crippen LogP) is 4.11. The molecule has 1 N–H and O–H groups in total. The maximum absolute atomic E-state index is 11.7. The van der Waals surface area contributed by atoms with Gasteiger partial charge in [-0.05, 0) is 46.3 Å². The lowest BCUT2D eigenvalue weighted by molar-refractivity contribution is 0.0955. The lowest BCUT2D eigenvalue weighted by Crippen LogP contribution is -2.17. The molecule has 1 aromatic heterocycles. The highest BCUT2D eigenvalue weighted by molar-refractivity contribution is 9.10. The average Bonchev–Trinajstić information content (AvgIpc) is 2.78. The Labute approximate surface area is 127 Å². The van der Waals surface area contributed by atoms with E-state index in [0.717, 1.165) is 0 Å². The smallest absolute Gasteiger partial charge is 0.271 e. The van der Waals surface area contributed by atoms with E-state index in [0.29, 0.717) is 26.0 Å². The quantitative estimate of drug-likeness (QED) is 0.660. The number of benzene rings is 1. The van der Waals surface area contributed by atoms with Gasteiger partial charge in [-0.2, -0.15) is 5.10 Å². The first-order chi connectivity index (χ1) is 9.06. The van der Waals surface area contributed by atoms with Crippen molar-refractivity contribution >= 4 is 51.3 Å². The van der Waals surface area contributed by atoms with Gasteiger partial charge in [0, 0.05) is 5.56 Å². The molecule has 2 aromatic rings. The molecule has 0 saturated carbocycles. The van der Waals surface area contributed by atoms with Gasteiger partial charge in [0.2, 0.25) is 0 Å². The van der Waals surface area contributed by atoms with E-state index in [1.807, 2.05) is 0 Å². The van der Waals surface area contributed by atoms with Gasteiger partial charge >= 0.3 is 0 Å². The summed E-state index contributed by atoms with van der Waals surface area (Å²) in [7, 11) is 0. The summed E-state index contributed by atoms with van der Waals surface area (Å²) in [5, 5.41) is 4.47.